The van der Waals surface area contributed by atoms with Gasteiger partial charge in [0.25, 0.3) is 0 Å². The van der Waals surface area contributed by atoms with Crippen molar-refractivity contribution in [2.75, 3.05) is 6.54 Å². The van der Waals surface area contributed by atoms with Gasteiger partial charge in [-0.3, -0.25) is 10.00 Å². The van der Waals surface area contributed by atoms with Crippen LogP contribution in [0.5, 0.6) is 0 Å². The lowest BCUT2D eigenvalue weighted by Gasteiger charge is -2.24. The fraction of sp³-hybridized carbons (Fsp3) is 0.429. The van der Waals surface area contributed by atoms with Gasteiger partial charge in [0, 0.05) is 29.3 Å². The fourth-order valence-electron chi connectivity index (χ4n) is 4.10. The Labute approximate surface area is 154 Å². The summed E-state index contributed by atoms with van der Waals surface area (Å²) in [5.74, 6) is 0.945. The van der Waals surface area contributed by atoms with Crippen LogP contribution in [-0.4, -0.2) is 26.8 Å². The van der Waals surface area contributed by atoms with Crippen molar-refractivity contribution in [1.29, 1.82) is 0 Å². The van der Waals surface area contributed by atoms with Gasteiger partial charge in [0.2, 0.25) is 0 Å². The van der Waals surface area contributed by atoms with Crippen molar-refractivity contribution in [2.24, 2.45) is 0 Å². The summed E-state index contributed by atoms with van der Waals surface area (Å²) in [7, 11) is 0. The summed E-state index contributed by atoms with van der Waals surface area (Å²) in [6, 6.07) is 6.97. The molecule has 26 heavy (non-hydrogen) atoms. The van der Waals surface area contributed by atoms with Crippen molar-refractivity contribution in [2.45, 2.75) is 53.1 Å². The maximum Gasteiger partial charge on any atom is 0.138 e. The van der Waals surface area contributed by atoms with E-state index < -0.39 is 0 Å². The van der Waals surface area contributed by atoms with Crippen LogP contribution in [-0.2, 0) is 6.54 Å². The Morgan fingerprint density at radius 2 is 2.04 bits per heavy atom. The summed E-state index contributed by atoms with van der Waals surface area (Å²) < 4.78 is 5.41. The minimum Gasteiger partial charge on any atom is -0.361 e. The zero-order chi connectivity index (χ0) is 18.3. The third-order valence-electron chi connectivity index (χ3n) is 5.67. The molecule has 1 N–H and O–H groups in total. The molecule has 0 aliphatic carbocycles. The minimum atomic E-state index is 0.378. The quantitative estimate of drug-likeness (QED) is 0.745. The summed E-state index contributed by atoms with van der Waals surface area (Å²) in [4.78, 5) is 2.53. The Morgan fingerprint density at radius 1 is 1.19 bits per heavy atom. The number of aryl methyl sites for hydroxylation is 4. The van der Waals surface area contributed by atoms with Crippen molar-refractivity contribution in [1.82, 2.24) is 20.3 Å². The van der Waals surface area contributed by atoms with Gasteiger partial charge in [-0.1, -0.05) is 17.3 Å². The van der Waals surface area contributed by atoms with Crippen LogP contribution in [0.15, 0.2) is 28.9 Å². The van der Waals surface area contributed by atoms with Crippen LogP contribution < -0.4 is 0 Å². The number of hydrogen-bond acceptors (Lipinski definition) is 4. The van der Waals surface area contributed by atoms with E-state index in [-0.39, 0.29) is 0 Å². The van der Waals surface area contributed by atoms with E-state index in [1.54, 1.807) is 0 Å². The van der Waals surface area contributed by atoms with Gasteiger partial charge in [0.15, 0.2) is 0 Å². The molecule has 3 heterocycles. The fourth-order valence-corrected chi connectivity index (χ4v) is 4.10. The summed E-state index contributed by atoms with van der Waals surface area (Å²) >= 11 is 0. The lowest BCUT2D eigenvalue weighted by Crippen LogP contribution is -2.23. The molecule has 1 atom stereocenters. The molecule has 1 saturated heterocycles. The van der Waals surface area contributed by atoms with Crippen LogP contribution in [0.25, 0.3) is 11.3 Å². The van der Waals surface area contributed by atoms with Crippen molar-refractivity contribution in [3.05, 3.63) is 58.1 Å². The van der Waals surface area contributed by atoms with E-state index in [1.807, 2.05) is 20.0 Å². The van der Waals surface area contributed by atoms with Gasteiger partial charge < -0.3 is 4.52 Å². The van der Waals surface area contributed by atoms with Gasteiger partial charge in [-0.2, -0.15) is 5.10 Å². The topological polar surface area (TPSA) is 58.0 Å². The lowest BCUT2D eigenvalue weighted by molar-refractivity contribution is 0.246. The number of aromatic amines is 1. The standard InChI is InChI=1S/C21H26N4O/c1-13-7-8-17(10-14(13)2)21-18(11-22-23-21)12-25-9-5-6-19(25)20-15(3)24-26-16(20)4/h7-8,10-11,19H,5-6,9,12H2,1-4H3,(H,22,23)/t19-/m1/s1. The third kappa shape index (κ3) is 2.97. The molecule has 4 rings (SSSR count). The molecule has 0 spiro atoms. The smallest absolute Gasteiger partial charge is 0.138 e. The number of aromatic nitrogens is 3. The molecule has 0 bridgehead atoms. The van der Waals surface area contributed by atoms with Crippen LogP contribution in [0.4, 0.5) is 0 Å². The van der Waals surface area contributed by atoms with Gasteiger partial charge in [0.1, 0.15) is 5.76 Å². The maximum atomic E-state index is 5.41. The number of likely N-dealkylation sites (tertiary alicyclic amines) is 1. The molecule has 3 aromatic rings. The molecular weight excluding hydrogens is 324 g/mol. The van der Waals surface area contributed by atoms with E-state index in [2.05, 4.69) is 52.3 Å². The van der Waals surface area contributed by atoms with Crippen molar-refractivity contribution in [3.63, 3.8) is 0 Å². The molecule has 1 aliphatic rings. The number of benzene rings is 1. The van der Waals surface area contributed by atoms with Gasteiger partial charge in [0.05, 0.1) is 17.6 Å². The highest BCUT2D eigenvalue weighted by atomic mass is 16.5. The average Bonchev–Trinajstić information content (AvgIpc) is 3.32. The van der Waals surface area contributed by atoms with Crippen molar-refractivity contribution in [3.8, 4) is 11.3 Å². The van der Waals surface area contributed by atoms with E-state index >= 15 is 0 Å². The van der Waals surface area contributed by atoms with Gasteiger partial charge in [-0.15, -0.1) is 0 Å². The summed E-state index contributed by atoms with van der Waals surface area (Å²) in [6.45, 7) is 10.3. The average molecular weight is 350 g/mol. The van der Waals surface area contributed by atoms with E-state index in [9.17, 15) is 0 Å². The van der Waals surface area contributed by atoms with Crippen LogP contribution >= 0.6 is 0 Å². The highest BCUT2D eigenvalue weighted by molar-refractivity contribution is 5.64. The first-order chi connectivity index (χ1) is 12.5. The normalized spacial score (nSPS) is 17.9. The van der Waals surface area contributed by atoms with Gasteiger partial charge in [-0.25, -0.2) is 0 Å². The molecule has 0 unspecified atom stereocenters. The predicted octanol–water partition coefficient (Wildman–Crippen LogP) is 4.64. The Balaban J connectivity index is 1.62. The second-order valence-corrected chi connectivity index (χ2v) is 7.44. The molecule has 1 fully saturated rings. The van der Waals surface area contributed by atoms with Crippen LogP contribution in [0, 0.1) is 27.7 Å². The highest BCUT2D eigenvalue weighted by Crippen LogP contribution is 2.37. The highest BCUT2D eigenvalue weighted by Gasteiger charge is 2.31. The third-order valence-corrected chi connectivity index (χ3v) is 5.67. The lowest BCUT2D eigenvalue weighted by atomic mass is 10.0. The Kier molecular flexibility index (Phi) is 4.41. The zero-order valence-electron chi connectivity index (χ0n) is 16.0. The van der Waals surface area contributed by atoms with E-state index in [1.165, 1.54) is 34.2 Å². The largest absolute Gasteiger partial charge is 0.361 e. The summed E-state index contributed by atoms with van der Waals surface area (Å²) in [5.41, 5.74) is 8.46. The molecule has 0 amide bonds. The number of H-pyrrole nitrogens is 1. The second kappa shape index (κ2) is 6.72. The zero-order valence-corrected chi connectivity index (χ0v) is 16.0. The van der Waals surface area contributed by atoms with Gasteiger partial charge in [-0.05, 0) is 64.3 Å². The van der Waals surface area contributed by atoms with Crippen molar-refractivity contribution < 1.29 is 4.52 Å². The van der Waals surface area contributed by atoms with Gasteiger partial charge >= 0.3 is 0 Å². The predicted molar refractivity (Wildman–Crippen MR) is 102 cm³/mol. The minimum absolute atomic E-state index is 0.378. The molecule has 0 radical (unpaired) electrons. The molecule has 1 aliphatic heterocycles. The Morgan fingerprint density at radius 3 is 2.77 bits per heavy atom. The Bertz CT molecular complexity index is 904. The van der Waals surface area contributed by atoms with E-state index in [0.717, 1.165) is 36.7 Å². The number of nitrogens with one attached hydrogen (secondary N) is 1. The first-order valence-electron chi connectivity index (χ1n) is 9.31. The van der Waals surface area contributed by atoms with Crippen LogP contribution in [0.1, 0.15) is 52.6 Å². The molecule has 136 valence electrons. The molecule has 5 heteroatoms. The first-order valence-corrected chi connectivity index (χ1v) is 9.31. The van der Waals surface area contributed by atoms with Crippen LogP contribution in [0.2, 0.25) is 0 Å². The SMILES string of the molecule is Cc1ccc(-c2[nH]ncc2CN2CCC[C@@H]2c2c(C)noc2C)cc1C. The number of nitrogens with zero attached hydrogens (tertiary/aromatic N) is 3. The second-order valence-electron chi connectivity index (χ2n) is 7.44. The summed E-state index contributed by atoms with van der Waals surface area (Å²) in [6.07, 6.45) is 4.32. The molecule has 5 nitrogen and oxygen atoms in total. The van der Waals surface area contributed by atoms with Crippen LogP contribution in [0.3, 0.4) is 0 Å². The number of hydrogen-bond donors (Lipinski definition) is 1. The number of rotatable bonds is 4. The molecular formula is C21H26N4O. The van der Waals surface area contributed by atoms with E-state index in [0.29, 0.717) is 6.04 Å². The Hall–Kier alpha value is -2.40. The summed E-state index contributed by atoms with van der Waals surface area (Å²) in [5, 5.41) is 11.7. The molecule has 2 aromatic heterocycles. The first kappa shape index (κ1) is 17.0. The van der Waals surface area contributed by atoms with Crippen molar-refractivity contribution >= 4 is 0 Å². The van der Waals surface area contributed by atoms with E-state index in [4.69, 9.17) is 4.52 Å². The maximum absolute atomic E-state index is 5.41. The monoisotopic (exact) mass is 350 g/mol. The molecule has 0 saturated carbocycles. The molecule has 1 aromatic carbocycles.